The van der Waals surface area contributed by atoms with Crippen LogP contribution in [0.4, 0.5) is 5.00 Å². The zero-order valence-corrected chi connectivity index (χ0v) is 24.5. The molecule has 6 nitrogen and oxygen atoms in total. The van der Waals surface area contributed by atoms with Gasteiger partial charge in [-0.15, -0.1) is 11.3 Å². The Labute approximate surface area is 240 Å². The first-order chi connectivity index (χ1) is 19.4. The van der Waals surface area contributed by atoms with Crippen LogP contribution in [0.5, 0.6) is 11.5 Å². The molecule has 0 aliphatic heterocycles. The van der Waals surface area contributed by atoms with Gasteiger partial charge in [0, 0.05) is 4.88 Å². The molecule has 1 saturated carbocycles. The van der Waals surface area contributed by atoms with E-state index in [4.69, 9.17) is 14.2 Å². The van der Waals surface area contributed by atoms with Crippen molar-refractivity contribution in [2.75, 3.05) is 26.1 Å². The van der Waals surface area contributed by atoms with Crippen molar-refractivity contribution in [3.8, 4) is 11.5 Å². The van der Waals surface area contributed by atoms with E-state index in [0.29, 0.717) is 34.9 Å². The van der Waals surface area contributed by atoms with Gasteiger partial charge in [0.05, 0.1) is 32.8 Å². The van der Waals surface area contributed by atoms with Crippen molar-refractivity contribution in [2.45, 2.75) is 63.7 Å². The van der Waals surface area contributed by atoms with Gasteiger partial charge in [0.15, 0.2) is 0 Å². The van der Waals surface area contributed by atoms with Crippen molar-refractivity contribution >= 4 is 28.2 Å². The summed E-state index contributed by atoms with van der Waals surface area (Å²) in [5.41, 5.74) is 5.38. The Morgan fingerprint density at radius 2 is 1.80 bits per heavy atom. The number of fused-ring (bicyclic) bond motifs is 7. The van der Waals surface area contributed by atoms with Crippen LogP contribution >= 0.6 is 11.3 Å². The minimum absolute atomic E-state index is 0.113. The number of rotatable bonds is 7. The van der Waals surface area contributed by atoms with Crippen molar-refractivity contribution in [3.63, 3.8) is 0 Å². The highest BCUT2D eigenvalue weighted by molar-refractivity contribution is 7.17. The fourth-order valence-corrected chi connectivity index (χ4v) is 9.10. The van der Waals surface area contributed by atoms with Crippen LogP contribution in [0.25, 0.3) is 0 Å². The van der Waals surface area contributed by atoms with Gasteiger partial charge in [0.2, 0.25) is 5.91 Å². The predicted octanol–water partition coefficient (Wildman–Crippen LogP) is 6.69. The van der Waals surface area contributed by atoms with Crippen molar-refractivity contribution in [1.82, 2.24) is 0 Å². The number of hydrogen-bond donors (Lipinski definition) is 1. The average Bonchev–Trinajstić information content (AvgIpc) is 3.46. The van der Waals surface area contributed by atoms with Gasteiger partial charge in [0.25, 0.3) is 0 Å². The molecule has 3 aromatic rings. The number of carbonyl (C=O) groups excluding carboxylic acids is 2. The molecule has 6 rings (SSSR count). The Morgan fingerprint density at radius 1 is 1.05 bits per heavy atom. The molecule has 0 saturated heterocycles. The third kappa shape index (κ3) is 4.48. The van der Waals surface area contributed by atoms with E-state index in [1.807, 2.05) is 31.2 Å². The van der Waals surface area contributed by atoms with Gasteiger partial charge in [-0.1, -0.05) is 25.1 Å². The molecule has 0 spiro atoms. The smallest absolute Gasteiger partial charge is 0.341 e. The third-order valence-corrected chi connectivity index (χ3v) is 10.7. The molecule has 2 aromatic carbocycles. The number of methoxy groups -OCH3 is 2. The van der Waals surface area contributed by atoms with Gasteiger partial charge in [0.1, 0.15) is 16.5 Å². The number of amides is 1. The maximum atomic E-state index is 13.4. The molecule has 3 aliphatic rings. The van der Waals surface area contributed by atoms with Gasteiger partial charge in [-0.3, -0.25) is 4.79 Å². The molecule has 1 N–H and O–H groups in total. The normalized spacial score (nSPS) is 24.2. The number of carbonyl (C=O) groups is 2. The number of hydrogen-bond acceptors (Lipinski definition) is 6. The molecule has 4 atom stereocenters. The van der Waals surface area contributed by atoms with E-state index >= 15 is 0 Å². The van der Waals surface area contributed by atoms with Gasteiger partial charge >= 0.3 is 5.97 Å². The minimum atomic E-state index is -0.329. The lowest BCUT2D eigenvalue weighted by Crippen LogP contribution is -2.43. The summed E-state index contributed by atoms with van der Waals surface area (Å²) >= 11 is 1.57. The van der Waals surface area contributed by atoms with Gasteiger partial charge < -0.3 is 19.5 Å². The quantitative estimate of drug-likeness (QED) is 0.327. The first-order valence-electron chi connectivity index (χ1n) is 14.3. The van der Waals surface area contributed by atoms with Gasteiger partial charge in [-0.25, -0.2) is 4.79 Å². The molecular formula is C33H37NO5S. The molecule has 0 unspecified atom stereocenters. The highest BCUT2D eigenvalue weighted by Gasteiger charge is 2.55. The first-order valence-corrected chi connectivity index (χ1v) is 15.1. The number of nitrogens with one attached hydrogen (secondary N) is 1. The first kappa shape index (κ1) is 26.9. The summed E-state index contributed by atoms with van der Waals surface area (Å²) in [5.74, 6) is 2.80. The van der Waals surface area contributed by atoms with Crippen LogP contribution in [0.15, 0.2) is 42.5 Å². The van der Waals surface area contributed by atoms with Crippen LogP contribution in [-0.2, 0) is 34.2 Å². The van der Waals surface area contributed by atoms with Crippen LogP contribution < -0.4 is 14.8 Å². The number of thiophene rings is 1. The lowest BCUT2D eigenvalue weighted by Gasteiger charge is -2.49. The average molecular weight is 560 g/mol. The molecule has 40 heavy (non-hydrogen) atoms. The Hall–Kier alpha value is -3.32. The summed E-state index contributed by atoms with van der Waals surface area (Å²) in [5, 5.41) is 3.71. The topological polar surface area (TPSA) is 73.9 Å². The third-order valence-electron chi connectivity index (χ3n) is 9.54. The second-order valence-electron chi connectivity index (χ2n) is 11.5. The second kappa shape index (κ2) is 10.6. The monoisotopic (exact) mass is 559 g/mol. The predicted molar refractivity (Wildman–Crippen MR) is 157 cm³/mol. The minimum Gasteiger partial charge on any atom is -0.497 e. The van der Waals surface area contributed by atoms with Crippen LogP contribution in [0.2, 0.25) is 0 Å². The second-order valence-corrected chi connectivity index (χ2v) is 12.6. The standard InChI is InChI=1S/C33H37NO5S/c1-5-39-32(36)29-30-27(40-31(29)34-28(35)16-19-6-9-21(37-3)10-7-19)18-26-25-12-8-20-17-22(38-4)11-13-23(20)24(25)14-15-33(26,30)2/h6-7,9-11,13,17,24-26H,5,8,12,14-16,18H2,1-4H3,(H,34,35)/t24-,25-,26-,33+/m0/s1. The summed E-state index contributed by atoms with van der Waals surface area (Å²) in [4.78, 5) is 27.8. The van der Waals surface area contributed by atoms with Crippen molar-refractivity contribution < 1.29 is 23.8 Å². The molecular weight excluding hydrogens is 522 g/mol. The highest BCUT2D eigenvalue weighted by Crippen LogP contribution is 2.63. The molecule has 1 heterocycles. The van der Waals surface area contributed by atoms with Gasteiger partial charge in [-0.05, 0) is 109 Å². The van der Waals surface area contributed by atoms with Crippen molar-refractivity contribution in [3.05, 3.63) is 75.2 Å². The fourth-order valence-electron chi connectivity index (χ4n) is 7.70. The van der Waals surface area contributed by atoms with Crippen molar-refractivity contribution in [2.24, 2.45) is 11.8 Å². The van der Waals surface area contributed by atoms with E-state index in [-0.39, 0.29) is 23.7 Å². The molecule has 7 heteroatoms. The Balaban J connectivity index is 1.29. The summed E-state index contributed by atoms with van der Waals surface area (Å²) in [6, 6.07) is 14.1. The molecule has 1 aromatic heterocycles. The van der Waals surface area contributed by atoms with Crippen LogP contribution in [0.1, 0.15) is 76.5 Å². The van der Waals surface area contributed by atoms with Crippen LogP contribution in [0, 0.1) is 11.8 Å². The molecule has 1 amide bonds. The Bertz CT molecular complexity index is 1440. The highest BCUT2D eigenvalue weighted by atomic mass is 32.1. The Morgan fingerprint density at radius 3 is 2.52 bits per heavy atom. The Kier molecular flexibility index (Phi) is 7.11. The molecule has 3 aliphatic carbocycles. The SMILES string of the molecule is CCOC(=O)c1c(NC(=O)Cc2ccc(OC)cc2)sc2c1[C@]1(C)CC[C@H]3c4ccc(OC)cc4CC[C@@H]3[C@@H]1C2. The molecule has 0 radical (unpaired) electrons. The summed E-state index contributed by atoms with van der Waals surface area (Å²) in [6.45, 7) is 4.48. The van der Waals surface area contributed by atoms with E-state index in [1.165, 1.54) is 16.0 Å². The number of benzene rings is 2. The van der Waals surface area contributed by atoms with Crippen LogP contribution in [0.3, 0.4) is 0 Å². The molecule has 1 fully saturated rings. The number of esters is 1. The van der Waals surface area contributed by atoms with E-state index in [0.717, 1.165) is 54.7 Å². The molecule has 210 valence electrons. The van der Waals surface area contributed by atoms with Gasteiger partial charge in [-0.2, -0.15) is 0 Å². The zero-order chi connectivity index (χ0) is 28.0. The zero-order valence-electron chi connectivity index (χ0n) is 23.7. The summed E-state index contributed by atoms with van der Waals surface area (Å²) in [6.07, 6.45) is 5.49. The van der Waals surface area contributed by atoms with E-state index < -0.39 is 0 Å². The number of anilines is 1. The van der Waals surface area contributed by atoms with E-state index in [1.54, 1.807) is 25.6 Å². The maximum absolute atomic E-state index is 13.4. The van der Waals surface area contributed by atoms with Crippen LogP contribution in [-0.4, -0.2) is 32.7 Å². The summed E-state index contributed by atoms with van der Waals surface area (Å²) < 4.78 is 16.3. The van der Waals surface area contributed by atoms with E-state index in [2.05, 4.69) is 30.4 Å². The lowest BCUT2D eigenvalue weighted by atomic mass is 9.54. The molecule has 0 bridgehead atoms. The van der Waals surface area contributed by atoms with E-state index in [9.17, 15) is 9.59 Å². The number of ether oxygens (including phenoxy) is 3. The maximum Gasteiger partial charge on any atom is 0.341 e. The largest absolute Gasteiger partial charge is 0.497 e. The van der Waals surface area contributed by atoms with Crippen molar-refractivity contribution in [1.29, 1.82) is 0 Å². The number of aryl methyl sites for hydroxylation is 1. The fraction of sp³-hybridized carbons (Fsp3) is 0.455. The summed E-state index contributed by atoms with van der Waals surface area (Å²) in [7, 11) is 3.35. The lowest BCUT2D eigenvalue weighted by molar-refractivity contribution is -0.115.